The van der Waals surface area contributed by atoms with Crippen LogP contribution in [0.15, 0.2) is 11.8 Å². The van der Waals surface area contributed by atoms with Crippen molar-refractivity contribution in [1.29, 1.82) is 0 Å². The molecule has 1 fully saturated rings. The molecule has 0 unspecified atom stereocenters. The van der Waals surface area contributed by atoms with Crippen LogP contribution < -0.4 is 0 Å². The molecule has 17 heavy (non-hydrogen) atoms. The lowest BCUT2D eigenvalue weighted by Crippen LogP contribution is -2.49. The fraction of sp³-hybridized carbons (Fsp3) is 0.769. The van der Waals surface area contributed by atoms with E-state index in [1.807, 2.05) is 25.2 Å². The van der Waals surface area contributed by atoms with Gasteiger partial charge >= 0.3 is 0 Å². The second-order valence-corrected chi connectivity index (χ2v) is 5.19. The lowest BCUT2D eigenvalue weighted by molar-refractivity contribution is -0.105. The number of carbonyl (C=O) groups is 1. The summed E-state index contributed by atoms with van der Waals surface area (Å²) in [5.74, 6) is 0. The molecule has 0 radical (unpaired) electrons. The number of aldehydes is 1. The minimum Gasteiger partial charge on any atom is -0.383 e. The van der Waals surface area contributed by atoms with Gasteiger partial charge in [-0.3, -0.25) is 14.6 Å². The quantitative estimate of drug-likeness (QED) is 0.520. The maximum Gasteiger partial charge on any atom is 0.148 e. The third-order valence-corrected chi connectivity index (χ3v) is 3.12. The highest BCUT2D eigenvalue weighted by Crippen LogP contribution is 2.07. The number of piperazine rings is 1. The van der Waals surface area contributed by atoms with Gasteiger partial charge in [-0.1, -0.05) is 0 Å². The van der Waals surface area contributed by atoms with Crippen LogP contribution >= 0.6 is 0 Å². The standard InChI is InChI=1S/C13H25N3O/c1-12(2)16-7-5-15(6-8-16)10-13(11-17)9-14(3)4/h9,11-12H,5-8,10H2,1-4H3/b13-9+. The van der Waals surface area contributed by atoms with Crippen LogP contribution in [0.25, 0.3) is 0 Å². The minimum atomic E-state index is 0.625. The Balaban J connectivity index is 2.42. The summed E-state index contributed by atoms with van der Waals surface area (Å²) >= 11 is 0. The van der Waals surface area contributed by atoms with Crippen molar-refractivity contribution in [3.05, 3.63) is 11.8 Å². The van der Waals surface area contributed by atoms with Gasteiger partial charge in [0.2, 0.25) is 0 Å². The summed E-state index contributed by atoms with van der Waals surface area (Å²) in [6, 6.07) is 0.625. The van der Waals surface area contributed by atoms with Crippen LogP contribution in [0.3, 0.4) is 0 Å². The average Bonchev–Trinajstić information content (AvgIpc) is 2.28. The maximum atomic E-state index is 11.0. The van der Waals surface area contributed by atoms with Crippen molar-refractivity contribution in [3.63, 3.8) is 0 Å². The first-order valence-electron chi connectivity index (χ1n) is 6.31. The summed E-state index contributed by atoms with van der Waals surface area (Å²) < 4.78 is 0. The first kappa shape index (κ1) is 14.2. The van der Waals surface area contributed by atoms with E-state index in [1.54, 1.807) is 0 Å². The molecule has 0 N–H and O–H groups in total. The Morgan fingerprint density at radius 1 is 1.24 bits per heavy atom. The van der Waals surface area contributed by atoms with E-state index in [1.165, 1.54) is 0 Å². The molecule has 0 aromatic rings. The molecular weight excluding hydrogens is 214 g/mol. The van der Waals surface area contributed by atoms with Crippen molar-refractivity contribution < 1.29 is 4.79 Å². The van der Waals surface area contributed by atoms with E-state index in [9.17, 15) is 4.79 Å². The third kappa shape index (κ3) is 4.88. The fourth-order valence-electron chi connectivity index (χ4n) is 2.14. The summed E-state index contributed by atoms with van der Waals surface area (Å²) in [5.41, 5.74) is 0.855. The normalized spacial score (nSPS) is 19.7. The zero-order chi connectivity index (χ0) is 12.8. The molecule has 4 heteroatoms. The molecule has 0 bridgehead atoms. The summed E-state index contributed by atoms with van der Waals surface area (Å²) in [5, 5.41) is 0. The Morgan fingerprint density at radius 2 is 1.82 bits per heavy atom. The average molecular weight is 239 g/mol. The van der Waals surface area contributed by atoms with E-state index in [2.05, 4.69) is 23.6 Å². The van der Waals surface area contributed by atoms with E-state index in [4.69, 9.17) is 0 Å². The minimum absolute atomic E-state index is 0.625. The molecule has 0 spiro atoms. The van der Waals surface area contributed by atoms with Gasteiger partial charge in [0.1, 0.15) is 6.29 Å². The third-order valence-electron chi connectivity index (χ3n) is 3.12. The van der Waals surface area contributed by atoms with Crippen LogP contribution in [0.4, 0.5) is 0 Å². The Bertz CT molecular complexity index is 266. The fourth-order valence-corrected chi connectivity index (χ4v) is 2.14. The second kappa shape index (κ2) is 6.77. The van der Waals surface area contributed by atoms with E-state index >= 15 is 0 Å². The van der Waals surface area contributed by atoms with Crippen molar-refractivity contribution in [2.45, 2.75) is 19.9 Å². The first-order chi connectivity index (χ1) is 8.02. The molecule has 1 rings (SSSR count). The van der Waals surface area contributed by atoms with Crippen molar-refractivity contribution in [2.24, 2.45) is 0 Å². The molecule has 0 aromatic heterocycles. The number of nitrogens with zero attached hydrogens (tertiary/aromatic N) is 3. The molecule has 0 aliphatic carbocycles. The van der Waals surface area contributed by atoms with Crippen LogP contribution in [0.1, 0.15) is 13.8 Å². The molecule has 0 aromatic carbocycles. The summed E-state index contributed by atoms with van der Waals surface area (Å²) in [6.07, 6.45) is 2.87. The van der Waals surface area contributed by atoms with Gasteiger partial charge in [-0.15, -0.1) is 0 Å². The zero-order valence-corrected chi connectivity index (χ0v) is 11.5. The SMILES string of the molecule is CC(C)N1CCN(C/C(C=O)=C\N(C)C)CC1. The first-order valence-corrected chi connectivity index (χ1v) is 6.31. The second-order valence-electron chi connectivity index (χ2n) is 5.19. The van der Waals surface area contributed by atoms with E-state index in [0.29, 0.717) is 6.04 Å². The van der Waals surface area contributed by atoms with E-state index < -0.39 is 0 Å². The monoisotopic (exact) mass is 239 g/mol. The van der Waals surface area contributed by atoms with E-state index in [0.717, 1.165) is 44.6 Å². The maximum absolute atomic E-state index is 11.0. The summed E-state index contributed by atoms with van der Waals surface area (Å²) in [4.78, 5) is 17.7. The molecule has 1 heterocycles. The summed E-state index contributed by atoms with van der Waals surface area (Å²) in [6.45, 7) is 9.55. The highest BCUT2D eigenvalue weighted by Gasteiger charge is 2.19. The van der Waals surface area contributed by atoms with Gasteiger partial charge in [-0.25, -0.2) is 0 Å². The van der Waals surface area contributed by atoms with Crippen LogP contribution in [0, 0.1) is 0 Å². The number of hydrogen-bond donors (Lipinski definition) is 0. The highest BCUT2D eigenvalue weighted by atomic mass is 16.1. The van der Waals surface area contributed by atoms with Gasteiger partial charge in [-0.05, 0) is 13.8 Å². The molecule has 1 saturated heterocycles. The highest BCUT2D eigenvalue weighted by molar-refractivity contribution is 5.73. The number of carbonyl (C=O) groups excluding carboxylic acids is 1. The Labute approximate surface area is 105 Å². The largest absolute Gasteiger partial charge is 0.383 e. The molecule has 98 valence electrons. The summed E-state index contributed by atoms with van der Waals surface area (Å²) in [7, 11) is 3.89. The topological polar surface area (TPSA) is 26.8 Å². The molecule has 0 amide bonds. The molecular formula is C13H25N3O. The Hall–Kier alpha value is -0.870. The lowest BCUT2D eigenvalue weighted by Gasteiger charge is -2.36. The van der Waals surface area contributed by atoms with Gasteiger partial charge in [-0.2, -0.15) is 0 Å². The number of rotatable bonds is 5. The predicted molar refractivity (Wildman–Crippen MR) is 71.0 cm³/mol. The lowest BCUT2D eigenvalue weighted by atomic mass is 10.2. The molecule has 0 atom stereocenters. The van der Waals surface area contributed by atoms with Gasteiger partial charge in [0.15, 0.2) is 0 Å². The zero-order valence-electron chi connectivity index (χ0n) is 11.5. The Kier molecular flexibility index (Phi) is 5.65. The van der Waals surface area contributed by atoms with Crippen LogP contribution in [-0.2, 0) is 4.79 Å². The van der Waals surface area contributed by atoms with Gasteiger partial charge in [0.25, 0.3) is 0 Å². The van der Waals surface area contributed by atoms with Crippen LogP contribution in [0.2, 0.25) is 0 Å². The van der Waals surface area contributed by atoms with Crippen molar-refractivity contribution >= 4 is 6.29 Å². The number of hydrogen-bond acceptors (Lipinski definition) is 4. The molecule has 4 nitrogen and oxygen atoms in total. The van der Waals surface area contributed by atoms with Crippen LogP contribution in [-0.4, -0.2) is 73.8 Å². The predicted octanol–water partition coefficient (Wildman–Crippen LogP) is 0.657. The Morgan fingerprint density at radius 3 is 2.24 bits per heavy atom. The van der Waals surface area contributed by atoms with Gasteiger partial charge in [0.05, 0.1) is 0 Å². The smallest absolute Gasteiger partial charge is 0.148 e. The van der Waals surface area contributed by atoms with Crippen LogP contribution in [0.5, 0.6) is 0 Å². The van der Waals surface area contributed by atoms with Crippen molar-refractivity contribution in [1.82, 2.24) is 14.7 Å². The van der Waals surface area contributed by atoms with Crippen molar-refractivity contribution in [3.8, 4) is 0 Å². The van der Waals surface area contributed by atoms with Gasteiger partial charge < -0.3 is 4.90 Å². The van der Waals surface area contributed by atoms with Gasteiger partial charge in [0, 0.05) is 64.6 Å². The van der Waals surface area contributed by atoms with E-state index in [-0.39, 0.29) is 0 Å². The van der Waals surface area contributed by atoms with Crippen molar-refractivity contribution in [2.75, 3.05) is 46.8 Å². The molecule has 1 aliphatic heterocycles. The molecule has 0 saturated carbocycles. The molecule has 1 aliphatic rings.